The van der Waals surface area contributed by atoms with Gasteiger partial charge in [-0.3, -0.25) is 0 Å². The van der Waals surface area contributed by atoms with Gasteiger partial charge < -0.3 is 19.5 Å². The lowest BCUT2D eigenvalue weighted by atomic mass is 9.72. The van der Waals surface area contributed by atoms with E-state index in [1.165, 1.54) is 27.1 Å². The van der Waals surface area contributed by atoms with Crippen LogP contribution in [0.15, 0.2) is 23.2 Å². The van der Waals surface area contributed by atoms with Crippen molar-refractivity contribution in [3.63, 3.8) is 0 Å². The molecule has 3 aliphatic rings. The third kappa shape index (κ3) is 3.01. The summed E-state index contributed by atoms with van der Waals surface area (Å²) in [5.41, 5.74) is 4.23. The Morgan fingerprint density at radius 3 is 2.93 bits per heavy atom. The monoisotopic (exact) mass is 399 g/mol. The van der Waals surface area contributed by atoms with Crippen LogP contribution in [0.1, 0.15) is 36.3 Å². The second-order valence-corrected chi connectivity index (χ2v) is 9.41. The van der Waals surface area contributed by atoms with Crippen molar-refractivity contribution in [3.05, 3.63) is 29.3 Å². The Morgan fingerprint density at radius 1 is 1.32 bits per heavy atom. The third-order valence-electron chi connectivity index (χ3n) is 6.91. The Morgan fingerprint density at radius 2 is 2.14 bits per heavy atom. The number of aromatic amines is 1. The van der Waals surface area contributed by atoms with Gasteiger partial charge in [0, 0.05) is 48.4 Å². The number of nitrogens with one attached hydrogen (secondary N) is 1. The first-order valence-corrected chi connectivity index (χ1v) is 11.7. The van der Waals surface area contributed by atoms with E-state index in [1.807, 2.05) is 16.7 Å². The number of likely N-dealkylation sites (N-methyl/N-ethyl adjacent to an activating group) is 1. The standard InChI is InChI=1S/C22H29N3O2S/c1-24-12-14(13-27-22(26)25-8-3-4-9-25)10-16-15-6-5-7-18-20(15)17(11-19(16)24)21(23-18)28-2/h5-7,14,16,19,23H,3-4,8-13H2,1-2H3/t14-,16?,19-/m1/s1. The second-order valence-electron chi connectivity index (χ2n) is 8.60. The molecule has 2 fully saturated rings. The fourth-order valence-electron chi connectivity index (χ4n) is 5.58. The van der Waals surface area contributed by atoms with Gasteiger partial charge in [-0.05, 0) is 56.2 Å². The highest BCUT2D eigenvalue weighted by atomic mass is 32.2. The maximum absolute atomic E-state index is 12.3. The van der Waals surface area contributed by atoms with Gasteiger partial charge in [0.25, 0.3) is 0 Å². The molecule has 0 saturated carbocycles. The number of likely N-dealkylation sites (tertiary alicyclic amines) is 2. The summed E-state index contributed by atoms with van der Waals surface area (Å²) >= 11 is 1.82. The minimum absolute atomic E-state index is 0.120. The first kappa shape index (κ1) is 18.4. The maximum Gasteiger partial charge on any atom is 0.409 e. The van der Waals surface area contributed by atoms with E-state index in [-0.39, 0.29) is 6.09 Å². The Hall–Kier alpha value is -1.66. The lowest BCUT2D eigenvalue weighted by Crippen LogP contribution is -2.49. The van der Waals surface area contributed by atoms with Crippen LogP contribution in [0.3, 0.4) is 0 Å². The van der Waals surface area contributed by atoms with E-state index in [9.17, 15) is 4.79 Å². The van der Waals surface area contributed by atoms with Crippen LogP contribution < -0.4 is 0 Å². The van der Waals surface area contributed by atoms with E-state index in [1.54, 1.807) is 0 Å². The van der Waals surface area contributed by atoms with Gasteiger partial charge in [-0.15, -0.1) is 11.8 Å². The number of nitrogens with zero attached hydrogens (tertiary/aromatic N) is 2. The van der Waals surface area contributed by atoms with Crippen molar-refractivity contribution in [1.82, 2.24) is 14.8 Å². The smallest absolute Gasteiger partial charge is 0.409 e. The predicted molar refractivity (Wildman–Crippen MR) is 113 cm³/mol. The number of hydrogen-bond donors (Lipinski definition) is 1. The normalized spacial score (nSPS) is 27.2. The number of H-pyrrole nitrogens is 1. The first-order valence-electron chi connectivity index (χ1n) is 10.4. The van der Waals surface area contributed by atoms with E-state index in [0.717, 1.165) is 45.3 Å². The summed E-state index contributed by atoms with van der Waals surface area (Å²) in [5, 5.41) is 2.76. The third-order valence-corrected chi connectivity index (χ3v) is 7.67. The van der Waals surface area contributed by atoms with Gasteiger partial charge in [0.2, 0.25) is 0 Å². The topological polar surface area (TPSA) is 48.6 Å². The van der Waals surface area contributed by atoms with Gasteiger partial charge in [0.1, 0.15) is 0 Å². The molecule has 1 amide bonds. The number of carbonyl (C=O) groups is 1. The number of thioether (sulfide) groups is 1. The number of amides is 1. The number of piperidine rings is 1. The van der Waals surface area contributed by atoms with Gasteiger partial charge >= 0.3 is 6.09 Å². The average molecular weight is 400 g/mol. The fourth-order valence-corrected chi connectivity index (χ4v) is 6.23. The van der Waals surface area contributed by atoms with Crippen molar-refractivity contribution >= 4 is 28.8 Å². The lowest BCUT2D eigenvalue weighted by Gasteiger charge is -2.45. The number of ether oxygens (including phenoxy) is 1. The number of fused-ring (bicyclic) bond motifs is 2. The molecule has 1 aromatic carbocycles. The maximum atomic E-state index is 12.3. The summed E-state index contributed by atoms with van der Waals surface area (Å²) in [6, 6.07) is 7.23. The minimum atomic E-state index is -0.120. The van der Waals surface area contributed by atoms with Crippen molar-refractivity contribution in [2.45, 2.75) is 42.7 Å². The number of aromatic nitrogens is 1. The summed E-state index contributed by atoms with van der Waals surface area (Å²) in [5.74, 6) is 0.907. The number of hydrogen-bond acceptors (Lipinski definition) is 4. The molecule has 3 heterocycles. The highest BCUT2D eigenvalue weighted by Gasteiger charge is 2.40. The van der Waals surface area contributed by atoms with Crippen LogP contribution in [-0.4, -0.2) is 66.5 Å². The van der Waals surface area contributed by atoms with Gasteiger partial charge in [-0.25, -0.2) is 4.79 Å². The van der Waals surface area contributed by atoms with Crippen LogP contribution in [0, 0.1) is 5.92 Å². The Kier molecular flexibility index (Phi) is 4.79. The van der Waals surface area contributed by atoms with Crippen molar-refractivity contribution in [2.24, 2.45) is 5.92 Å². The molecule has 6 heteroatoms. The molecule has 1 unspecified atom stereocenters. The lowest BCUT2D eigenvalue weighted by molar-refractivity contribution is 0.0498. The van der Waals surface area contributed by atoms with Crippen LogP contribution in [-0.2, 0) is 11.2 Å². The zero-order valence-electron chi connectivity index (χ0n) is 16.7. The van der Waals surface area contributed by atoms with Crippen molar-refractivity contribution in [3.8, 4) is 0 Å². The van der Waals surface area contributed by atoms with Crippen LogP contribution in [0.25, 0.3) is 10.9 Å². The number of carbonyl (C=O) groups excluding carboxylic acids is 1. The van der Waals surface area contributed by atoms with Crippen LogP contribution in [0.2, 0.25) is 0 Å². The van der Waals surface area contributed by atoms with E-state index in [2.05, 4.69) is 41.4 Å². The van der Waals surface area contributed by atoms with E-state index < -0.39 is 0 Å². The van der Waals surface area contributed by atoms with Crippen molar-refractivity contribution in [2.75, 3.05) is 39.5 Å². The molecule has 5 rings (SSSR count). The molecule has 28 heavy (non-hydrogen) atoms. The zero-order chi connectivity index (χ0) is 19.3. The Bertz CT molecular complexity index is 889. The molecular formula is C22H29N3O2S. The summed E-state index contributed by atoms with van der Waals surface area (Å²) in [7, 11) is 2.24. The summed E-state index contributed by atoms with van der Waals surface area (Å²) in [6.07, 6.45) is 6.45. The molecule has 5 nitrogen and oxygen atoms in total. The van der Waals surface area contributed by atoms with Crippen molar-refractivity contribution < 1.29 is 9.53 Å². The van der Waals surface area contributed by atoms with E-state index >= 15 is 0 Å². The van der Waals surface area contributed by atoms with Gasteiger partial charge in [0.15, 0.2) is 0 Å². The molecule has 1 aromatic heterocycles. The summed E-state index contributed by atoms with van der Waals surface area (Å²) in [6.45, 7) is 3.24. The largest absolute Gasteiger partial charge is 0.449 e. The van der Waals surface area contributed by atoms with Crippen LogP contribution in [0.5, 0.6) is 0 Å². The number of rotatable bonds is 3. The van der Waals surface area contributed by atoms with Crippen molar-refractivity contribution in [1.29, 1.82) is 0 Å². The Labute approximate surface area is 170 Å². The van der Waals surface area contributed by atoms with Gasteiger partial charge in [-0.2, -0.15) is 0 Å². The zero-order valence-corrected chi connectivity index (χ0v) is 17.6. The molecular weight excluding hydrogens is 370 g/mol. The molecule has 0 spiro atoms. The average Bonchev–Trinajstić information content (AvgIpc) is 3.36. The summed E-state index contributed by atoms with van der Waals surface area (Å²) < 4.78 is 5.71. The molecule has 150 valence electrons. The molecule has 2 aliphatic heterocycles. The van der Waals surface area contributed by atoms with Crippen LogP contribution >= 0.6 is 11.8 Å². The minimum Gasteiger partial charge on any atom is -0.449 e. The quantitative estimate of drug-likeness (QED) is 0.790. The highest BCUT2D eigenvalue weighted by Crippen LogP contribution is 2.46. The predicted octanol–water partition coefficient (Wildman–Crippen LogP) is 4.08. The van der Waals surface area contributed by atoms with Gasteiger partial charge in [-0.1, -0.05) is 12.1 Å². The first-order chi connectivity index (χ1) is 13.7. The fraction of sp³-hybridized carbons (Fsp3) is 0.591. The molecule has 1 N–H and O–H groups in total. The van der Waals surface area contributed by atoms with Gasteiger partial charge in [0.05, 0.1) is 11.6 Å². The Balaban J connectivity index is 1.37. The summed E-state index contributed by atoms with van der Waals surface area (Å²) in [4.78, 5) is 20.3. The molecule has 1 aliphatic carbocycles. The van der Waals surface area contributed by atoms with E-state index in [0.29, 0.717) is 24.5 Å². The molecule has 0 radical (unpaired) electrons. The SMILES string of the molecule is CSc1[nH]c2cccc3c2c1C[C@@H]1C3C[C@@H](COC(=O)N2CCCC2)CN1C. The molecule has 0 bridgehead atoms. The molecule has 2 saturated heterocycles. The molecule has 2 aromatic rings. The number of benzene rings is 1. The highest BCUT2D eigenvalue weighted by molar-refractivity contribution is 7.98. The van der Waals surface area contributed by atoms with Crippen LogP contribution in [0.4, 0.5) is 4.79 Å². The van der Waals surface area contributed by atoms with E-state index in [4.69, 9.17) is 4.74 Å². The molecule has 3 atom stereocenters. The second kappa shape index (κ2) is 7.30.